The normalized spacial score (nSPS) is 10.1. The van der Waals surface area contributed by atoms with Gasteiger partial charge in [0, 0.05) is 14.0 Å². The summed E-state index contributed by atoms with van der Waals surface area (Å²) in [5, 5.41) is 1.51. The first kappa shape index (κ1) is 9.74. The molecule has 0 fully saturated rings. The Hall–Kier alpha value is -1.35. The lowest BCUT2D eigenvalue weighted by Crippen LogP contribution is -2.20. The highest BCUT2D eigenvalue weighted by Gasteiger charge is 2.02. The number of hydrogen-bond donors (Lipinski definition) is 0. The molecular formula is C10H13NO2. The molecule has 3 heteroatoms. The molecule has 0 atom stereocenters. The summed E-state index contributed by atoms with van der Waals surface area (Å²) in [5.41, 5.74) is 1.12. The molecule has 0 radical (unpaired) electrons. The van der Waals surface area contributed by atoms with Crippen molar-refractivity contribution in [3.05, 3.63) is 35.9 Å². The standard InChI is InChI=1S/C10H13NO2/c1-9(12)13-11(2)8-10-6-4-3-5-7-10/h3-7H,8H2,1-2H3. The van der Waals surface area contributed by atoms with E-state index in [0.29, 0.717) is 6.54 Å². The molecule has 70 valence electrons. The summed E-state index contributed by atoms with van der Waals surface area (Å²) in [5.74, 6) is -0.293. The smallest absolute Gasteiger partial charge is 0.322 e. The quantitative estimate of drug-likeness (QED) is 0.660. The second kappa shape index (κ2) is 4.62. The second-order valence-corrected chi connectivity index (χ2v) is 2.85. The lowest BCUT2D eigenvalue weighted by atomic mass is 10.2. The lowest BCUT2D eigenvalue weighted by molar-refractivity contribution is -0.183. The molecule has 0 saturated heterocycles. The molecule has 1 rings (SSSR count). The first-order valence-corrected chi connectivity index (χ1v) is 4.12. The van der Waals surface area contributed by atoms with Crippen molar-refractivity contribution in [2.24, 2.45) is 0 Å². The number of hydroxylamine groups is 2. The summed E-state index contributed by atoms with van der Waals surface area (Å²) in [4.78, 5) is 15.4. The first-order chi connectivity index (χ1) is 6.18. The topological polar surface area (TPSA) is 29.5 Å². The van der Waals surface area contributed by atoms with E-state index in [4.69, 9.17) is 4.84 Å². The number of hydrogen-bond acceptors (Lipinski definition) is 3. The molecule has 0 N–H and O–H groups in total. The zero-order valence-corrected chi connectivity index (χ0v) is 7.86. The third-order valence-corrected chi connectivity index (χ3v) is 1.53. The van der Waals surface area contributed by atoms with Crippen LogP contribution in [0, 0.1) is 0 Å². The monoisotopic (exact) mass is 179 g/mol. The molecule has 0 aliphatic heterocycles. The second-order valence-electron chi connectivity index (χ2n) is 2.85. The highest BCUT2D eigenvalue weighted by Crippen LogP contribution is 2.02. The maximum atomic E-state index is 10.6. The van der Waals surface area contributed by atoms with Crippen molar-refractivity contribution in [2.45, 2.75) is 13.5 Å². The summed E-state index contributed by atoms with van der Waals surface area (Å²) in [6.07, 6.45) is 0. The van der Waals surface area contributed by atoms with E-state index in [1.807, 2.05) is 30.3 Å². The summed E-state index contributed by atoms with van der Waals surface area (Å²) in [6.45, 7) is 2.00. The zero-order valence-electron chi connectivity index (χ0n) is 7.86. The summed E-state index contributed by atoms with van der Waals surface area (Å²) < 4.78 is 0. The Bertz CT molecular complexity index is 272. The van der Waals surface area contributed by atoms with Crippen molar-refractivity contribution >= 4 is 5.97 Å². The van der Waals surface area contributed by atoms with E-state index in [0.717, 1.165) is 5.56 Å². The van der Waals surface area contributed by atoms with Gasteiger partial charge in [0.05, 0.1) is 6.54 Å². The highest BCUT2D eigenvalue weighted by atomic mass is 16.7. The van der Waals surface area contributed by atoms with E-state index >= 15 is 0 Å². The third kappa shape index (κ3) is 3.71. The Morgan fingerprint density at radius 3 is 2.54 bits per heavy atom. The van der Waals surface area contributed by atoms with Gasteiger partial charge in [-0.25, -0.2) is 0 Å². The van der Waals surface area contributed by atoms with E-state index in [-0.39, 0.29) is 5.97 Å². The van der Waals surface area contributed by atoms with E-state index < -0.39 is 0 Å². The number of rotatable bonds is 3. The van der Waals surface area contributed by atoms with Gasteiger partial charge in [-0.15, -0.1) is 5.06 Å². The number of carbonyl (C=O) groups is 1. The fourth-order valence-electron chi connectivity index (χ4n) is 1.09. The number of nitrogens with zero attached hydrogens (tertiary/aromatic N) is 1. The van der Waals surface area contributed by atoms with Crippen LogP contribution in [0.5, 0.6) is 0 Å². The Balaban J connectivity index is 2.45. The zero-order chi connectivity index (χ0) is 9.68. The Labute approximate surface area is 77.9 Å². The van der Waals surface area contributed by atoms with E-state index in [2.05, 4.69) is 0 Å². The summed E-state index contributed by atoms with van der Waals surface area (Å²) in [7, 11) is 1.73. The SMILES string of the molecule is CC(=O)ON(C)Cc1ccccc1. The molecule has 0 heterocycles. The third-order valence-electron chi connectivity index (χ3n) is 1.53. The van der Waals surface area contributed by atoms with Crippen molar-refractivity contribution in [1.82, 2.24) is 5.06 Å². The van der Waals surface area contributed by atoms with Gasteiger partial charge in [0.2, 0.25) is 0 Å². The molecule has 13 heavy (non-hydrogen) atoms. The van der Waals surface area contributed by atoms with E-state index in [1.165, 1.54) is 12.0 Å². The Kier molecular flexibility index (Phi) is 3.46. The van der Waals surface area contributed by atoms with Gasteiger partial charge in [-0.05, 0) is 5.56 Å². The van der Waals surface area contributed by atoms with Crippen molar-refractivity contribution in [3.8, 4) is 0 Å². The van der Waals surface area contributed by atoms with Crippen molar-refractivity contribution in [2.75, 3.05) is 7.05 Å². The minimum Gasteiger partial charge on any atom is -0.368 e. The maximum absolute atomic E-state index is 10.6. The molecule has 0 aliphatic rings. The maximum Gasteiger partial charge on any atom is 0.322 e. The van der Waals surface area contributed by atoms with Gasteiger partial charge in [-0.1, -0.05) is 30.3 Å². The molecule has 0 unspecified atom stereocenters. The summed E-state index contributed by atoms with van der Waals surface area (Å²) in [6, 6.07) is 9.84. The van der Waals surface area contributed by atoms with Crippen molar-refractivity contribution in [3.63, 3.8) is 0 Å². The molecular weight excluding hydrogens is 166 g/mol. The highest BCUT2D eigenvalue weighted by molar-refractivity contribution is 5.65. The van der Waals surface area contributed by atoms with Crippen LogP contribution in [0.1, 0.15) is 12.5 Å². The van der Waals surface area contributed by atoms with E-state index in [1.54, 1.807) is 7.05 Å². The predicted octanol–water partition coefficient (Wildman–Crippen LogP) is 1.60. The van der Waals surface area contributed by atoms with Gasteiger partial charge in [-0.2, -0.15) is 0 Å². The van der Waals surface area contributed by atoms with Crippen LogP contribution in [0.4, 0.5) is 0 Å². The van der Waals surface area contributed by atoms with Crippen LogP contribution >= 0.6 is 0 Å². The molecule has 0 amide bonds. The molecule has 0 saturated carbocycles. The average molecular weight is 179 g/mol. The van der Waals surface area contributed by atoms with E-state index in [9.17, 15) is 4.79 Å². The lowest BCUT2D eigenvalue weighted by Gasteiger charge is -2.14. The number of carbonyl (C=O) groups excluding carboxylic acids is 1. The largest absolute Gasteiger partial charge is 0.368 e. The van der Waals surface area contributed by atoms with Crippen LogP contribution < -0.4 is 0 Å². The first-order valence-electron chi connectivity index (χ1n) is 4.12. The summed E-state index contributed by atoms with van der Waals surface area (Å²) >= 11 is 0. The van der Waals surface area contributed by atoms with Gasteiger partial charge in [-0.3, -0.25) is 4.79 Å². The van der Waals surface area contributed by atoms with Gasteiger partial charge < -0.3 is 4.84 Å². The molecule has 3 nitrogen and oxygen atoms in total. The average Bonchev–Trinajstić information content (AvgIpc) is 2.04. The Morgan fingerprint density at radius 1 is 1.38 bits per heavy atom. The van der Waals surface area contributed by atoms with Crippen LogP contribution in [0.25, 0.3) is 0 Å². The number of benzene rings is 1. The predicted molar refractivity (Wildman–Crippen MR) is 49.7 cm³/mol. The molecule has 1 aromatic carbocycles. The van der Waals surface area contributed by atoms with Gasteiger partial charge >= 0.3 is 5.97 Å². The van der Waals surface area contributed by atoms with Gasteiger partial charge in [0.15, 0.2) is 0 Å². The fraction of sp³-hybridized carbons (Fsp3) is 0.300. The molecule has 0 spiro atoms. The molecule has 0 bridgehead atoms. The molecule has 1 aromatic rings. The van der Waals surface area contributed by atoms with Gasteiger partial charge in [0.25, 0.3) is 0 Å². The van der Waals surface area contributed by atoms with Crippen LogP contribution in [0.3, 0.4) is 0 Å². The van der Waals surface area contributed by atoms with Gasteiger partial charge in [0.1, 0.15) is 0 Å². The Morgan fingerprint density at radius 2 is 2.00 bits per heavy atom. The molecule has 0 aliphatic carbocycles. The minimum atomic E-state index is -0.293. The van der Waals surface area contributed by atoms with Crippen LogP contribution in [-0.2, 0) is 16.2 Å². The van der Waals surface area contributed by atoms with Crippen LogP contribution in [0.2, 0.25) is 0 Å². The molecule has 0 aromatic heterocycles. The van der Waals surface area contributed by atoms with Crippen molar-refractivity contribution < 1.29 is 9.63 Å². The van der Waals surface area contributed by atoms with Crippen LogP contribution in [0.15, 0.2) is 30.3 Å². The minimum absolute atomic E-state index is 0.293. The van der Waals surface area contributed by atoms with Crippen molar-refractivity contribution in [1.29, 1.82) is 0 Å². The fourth-order valence-corrected chi connectivity index (χ4v) is 1.09. The van der Waals surface area contributed by atoms with Crippen LogP contribution in [-0.4, -0.2) is 18.1 Å².